The molecule has 1 unspecified atom stereocenters. The second kappa shape index (κ2) is 7.24. The van der Waals surface area contributed by atoms with Crippen LogP contribution in [0.3, 0.4) is 0 Å². The number of carboxylic acids is 1. The first-order chi connectivity index (χ1) is 11.6. The van der Waals surface area contributed by atoms with Crippen molar-refractivity contribution in [3.05, 3.63) is 29.8 Å². The lowest BCUT2D eigenvalue weighted by Gasteiger charge is -2.19. The summed E-state index contributed by atoms with van der Waals surface area (Å²) in [6, 6.07) is 7.41. The van der Waals surface area contributed by atoms with E-state index in [1.807, 2.05) is 24.3 Å². The van der Waals surface area contributed by atoms with E-state index in [0.717, 1.165) is 31.2 Å². The summed E-state index contributed by atoms with van der Waals surface area (Å²) >= 11 is 0. The largest absolute Gasteiger partial charge is 0.496 e. The van der Waals surface area contributed by atoms with Crippen LogP contribution in [0, 0.1) is 23.7 Å². The van der Waals surface area contributed by atoms with Crippen LogP contribution in [-0.4, -0.2) is 30.6 Å². The Morgan fingerprint density at radius 3 is 2.38 bits per heavy atom. The standard InChI is InChI=1S/C19H25NO4/c1-24-16-5-3-2-4-14(16)10-15(19(22)23)11-20-18(21)17(12-6-7-12)13-8-9-13/h2-5,12-13,15,17H,6-11H2,1H3,(H,20,21)(H,22,23). The number of para-hydroxylation sites is 1. The van der Waals surface area contributed by atoms with Crippen molar-refractivity contribution < 1.29 is 19.4 Å². The molecule has 0 spiro atoms. The first-order valence-electron chi connectivity index (χ1n) is 8.72. The fraction of sp³-hybridized carbons (Fsp3) is 0.579. The number of carbonyl (C=O) groups excluding carboxylic acids is 1. The van der Waals surface area contributed by atoms with Gasteiger partial charge in [0.25, 0.3) is 0 Å². The van der Waals surface area contributed by atoms with Crippen LogP contribution in [0.2, 0.25) is 0 Å². The van der Waals surface area contributed by atoms with E-state index in [9.17, 15) is 14.7 Å². The Bertz CT molecular complexity index is 595. The number of amides is 1. The average molecular weight is 331 g/mol. The Morgan fingerprint density at radius 1 is 1.21 bits per heavy atom. The second-order valence-electron chi connectivity index (χ2n) is 7.00. The molecule has 130 valence electrons. The number of methoxy groups -OCH3 is 1. The molecule has 5 heteroatoms. The number of rotatable bonds is 9. The molecular formula is C19H25NO4. The number of aliphatic carboxylic acids is 1. The van der Waals surface area contributed by atoms with Gasteiger partial charge in [0.1, 0.15) is 5.75 Å². The van der Waals surface area contributed by atoms with Crippen LogP contribution in [0.25, 0.3) is 0 Å². The Morgan fingerprint density at radius 2 is 1.83 bits per heavy atom. The van der Waals surface area contributed by atoms with Gasteiger partial charge in [-0.2, -0.15) is 0 Å². The number of carboxylic acid groups (broad SMARTS) is 1. The Balaban J connectivity index is 1.59. The van der Waals surface area contributed by atoms with Gasteiger partial charge >= 0.3 is 5.97 Å². The number of nitrogens with one attached hydrogen (secondary N) is 1. The van der Waals surface area contributed by atoms with Crippen molar-refractivity contribution in [2.24, 2.45) is 23.7 Å². The zero-order chi connectivity index (χ0) is 17.1. The molecule has 0 heterocycles. The molecule has 2 fully saturated rings. The van der Waals surface area contributed by atoms with Crippen molar-refractivity contribution in [1.82, 2.24) is 5.32 Å². The van der Waals surface area contributed by atoms with Crippen LogP contribution in [0.15, 0.2) is 24.3 Å². The van der Waals surface area contributed by atoms with Gasteiger partial charge in [-0.15, -0.1) is 0 Å². The summed E-state index contributed by atoms with van der Waals surface area (Å²) < 4.78 is 5.29. The normalized spacial score (nSPS) is 18.2. The maximum Gasteiger partial charge on any atom is 0.308 e. The molecule has 0 aliphatic heterocycles. The molecule has 0 saturated heterocycles. The van der Waals surface area contributed by atoms with Crippen LogP contribution >= 0.6 is 0 Å². The predicted molar refractivity (Wildman–Crippen MR) is 89.8 cm³/mol. The lowest BCUT2D eigenvalue weighted by molar-refractivity contribution is -0.141. The summed E-state index contributed by atoms with van der Waals surface area (Å²) in [6.45, 7) is 0.169. The van der Waals surface area contributed by atoms with Crippen molar-refractivity contribution >= 4 is 11.9 Å². The summed E-state index contributed by atoms with van der Waals surface area (Å²) in [5.74, 6) is 0.339. The van der Waals surface area contributed by atoms with Gasteiger partial charge in [-0.3, -0.25) is 9.59 Å². The fourth-order valence-corrected chi connectivity index (χ4v) is 3.45. The molecule has 1 amide bonds. The highest BCUT2D eigenvalue weighted by Crippen LogP contribution is 2.49. The summed E-state index contributed by atoms with van der Waals surface area (Å²) in [5.41, 5.74) is 0.850. The number of ether oxygens (including phenoxy) is 1. The van der Waals surface area contributed by atoms with Crippen LogP contribution < -0.4 is 10.1 Å². The third kappa shape index (κ3) is 4.08. The van der Waals surface area contributed by atoms with Crippen molar-refractivity contribution in [3.63, 3.8) is 0 Å². The van der Waals surface area contributed by atoms with E-state index < -0.39 is 11.9 Å². The molecule has 1 atom stereocenters. The lowest BCUT2D eigenvalue weighted by atomic mass is 9.95. The monoisotopic (exact) mass is 331 g/mol. The molecule has 1 aromatic carbocycles. The van der Waals surface area contributed by atoms with Gasteiger partial charge in [-0.05, 0) is 55.6 Å². The summed E-state index contributed by atoms with van der Waals surface area (Å²) in [6.07, 6.45) is 4.89. The highest BCUT2D eigenvalue weighted by atomic mass is 16.5. The zero-order valence-corrected chi connectivity index (χ0v) is 14.0. The van der Waals surface area contributed by atoms with E-state index in [1.165, 1.54) is 0 Å². The summed E-state index contributed by atoms with van der Waals surface area (Å²) in [4.78, 5) is 24.1. The van der Waals surface area contributed by atoms with Crippen LogP contribution in [0.4, 0.5) is 0 Å². The first kappa shape index (κ1) is 16.8. The van der Waals surface area contributed by atoms with Crippen LogP contribution in [0.5, 0.6) is 5.75 Å². The van der Waals surface area contributed by atoms with E-state index in [1.54, 1.807) is 7.11 Å². The van der Waals surface area contributed by atoms with Gasteiger partial charge in [0.2, 0.25) is 5.91 Å². The SMILES string of the molecule is COc1ccccc1CC(CNC(=O)C(C1CC1)C1CC1)C(=O)O. The summed E-state index contributed by atoms with van der Waals surface area (Å²) in [5, 5.41) is 12.4. The lowest BCUT2D eigenvalue weighted by Crippen LogP contribution is -2.39. The highest BCUT2D eigenvalue weighted by molar-refractivity contribution is 5.81. The molecule has 0 radical (unpaired) electrons. The Labute approximate surface area is 142 Å². The minimum absolute atomic E-state index is 0.0475. The molecule has 5 nitrogen and oxygen atoms in total. The second-order valence-corrected chi connectivity index (χ2v) is 7.00. The molecule has 2 saturated carbocycles. The molecule has 24 heavy (non-hydrogen) atoms. The zero-order valence-electron chi connectivity index (χ0n) is 14.0. The minimum Gasteiger partial charge on any atom is -0.496 e. The van der Waals surface area contributed by atoms with Crippen molar-refractivity contribution in [2.75, 3.05) is 13.7 Å². The number of hydrogen-bond acceptors (Lipinski definition) is 3. The van der Waals surface area contributed by atoms with Crippen LogP contribution in [-0.2, 0) is 16.0 Å². The van der Waals surface area contributed by atoms with Gasteiger partial charge in [-0.1, -0.05) is 18.2 Å². The van der Waals surface area contributed by atoms with E-state index in [-0.39, 0.29) is 18.4 Å². The number of benzene rings is 1. The van der Waals surface area contributed by atoms with Crippen LogP contribution in [0.1, 0.15) is 31.2 Å². The van der Waals surface area contributed by atoms with E-state index in [0.29, 0.717) is 24.0 Å². The molecular weight excluding hydrogens is 306 g/mol. The average Bonchev–Trinajstić information content (AvgIpc) is 3.46. The maximum absolute atomic E-state index is 12.5. The smallest absolute Gasteiger partial charge is 0.308 e. The minimum atomic E-state index is -0.893. The van der Waals surface area contributed by atoms with Gasteiger partial charge in [0, 0.05) is 12.5 Å². The molecule has 0 bridgehead atoms. The Kier molecular flexibility index (Phi) is 5.07. The molecule has 3 rings (SSSR count). The molecule has 0 aromatic heterocycles. The molecule has 2 N–H and O–H groups in total. The highest BCUT2D eigenvalue weighted by Gasteiger charge is 2.45. The van der Waals surface area contributed by atoms with E-state index in [4.69, 9.17) is 4.74 Å². The third-order valence-corrected chi connectivity index (χ3v) is 5.09. The van der Waals surface area contributed by atoms with Gasteiger partial charge in [0.15, 0.2) is 0 Å². The van der Waals surface area contributed by atoms with Crippen molar-refractivity contribution in [1.29, 1.82) is 0 Å². The molecule has 2 aliphatic rings. The molecule has 1 aromatic rings. The van der Waals surface area contributed by atoms with Gasteiger partial charge < -0.3 is 15.2 Å². The van der Waals surface area contributed by atoms with Crippen molar-refractivity contribution in [2.45, 2.75) is 32.1 Å². The maximum atomic E-state index is 12.5. The number of hydrogen-bond donors (Lipinski definition) is 2. The topological polar surface area (TPSA) is 75.6 Å². The van der Waals surface area contributed by atoms with E-state index in [2.05, 4.69) is 5.32 Å². The number of carbonyl (C=O) groups is 2. The quantitative estimate of drug-likeness (QED) is 0.729. The molecule has 2 aliphatic carbocycles. The Hall–Kier alpha value is -2.04. The summed E-state index contributed by atoms with van der Waals surface area (Å²) in [7, 11) is 1.58. The first-order valence-corrected chi connectivity index (χ1v) is 8.72. The van der Waals surface area contributed by atoms with E-state index >= 15 is 0 Å². The predicted octanol–water partition coefficient (Wildman–Crippen LogP) is 2.49. The third-order valence-electron chi connectivity index (χ3n) is 5.09. The van der Waals surface area contributed by atoms with Crippen molar-refractivity contribution in [3.8, 4) is 5.75 Å². The van der Waals surface area contributed by atoms with Gasteiger partial charge in [0.05, 0.1) is 13.0 Å². The van der Waals surface area contributed by atoms with Gasteiger partial charge in [-0.25, -0.2) is 0 Å². The fourth-order valence-electron chi connectivity index (χ4n) is 3.45.